The second-order valence-corrected chi connectivity index (χ2v) is 6.95. The van der Waals surface area contributed by atoms with E-state index in [4.69, 9.17) is 4.74 Å². The highest BCUT2D eigenvalue weighted by atomic mass is 19.1. The third-order valence-corrected chi connectivity index (χ3v) is 5.03. The molecule has 0 spiro atoms. The minimum absolute atomic E-state index is 0.156. The molecule has 150 valence electrons. The van der Waals surface area contributed by atoms with Crippen LogP contribution in [0.2, 0.25) is 0 Å². The van der Waals surface area contributed by atoms with E-state index in [0.717, 1.165) is 17.7 Å². The van der Waals surface area contributed by atoms with Crippen LogP contribution >= 0.6 is 0 Å². The Labute approximate surface area is 168 Å². The first kappa shape index (κ1) is 19.0. The topological polar surface area (TPSA) is 59.4 Å². The van der Waals surface area contributed by atoms with E-state index in [1.54, 1.807) is 40.3 Å². The molecule has 1 aromatic heterocycles. The molecule has 1 N–H and O–H groups in total. The third-order valence-electron chi connectivity index (χ3n) is 5.03. The monoisotopic (exact) mass is 394 g/mol. The summed E-state index contributed by atoms with van der Waals surface area (Å²) in [6, 6.07) is 10.8. The van der Waals surface area contributed by atoms with Gasteiger partial charge in [-0.05, 0) is 54.3 Å². The van der Waals surface area contributed by atoms with Crippen LogP contribution in [-0.2, 0) is 19.5 Å². The normalized spacial score (nSPS) is 13.1. The van der Waals surface area contributed by atoms with Crippen LogP contribution in [0.15, 0.2) is 55.1 Å². The van der Waals surface area contributed by atoms with Crippen LogP contribution in [0.4, 0.5) is 9.18 Å². The summed E-state index contributed by atoms with van der Waals surface area (Å²) in [5, 5.41) is 2.89. The van der Waals surface area contributed by atoms with Gasteiger partial charge in [0.2, 0.25) is 0 Å². The minimum atomic E-state index is -0.356. The van der Waals surface area contributed by atoms with Crippen LogP contribution < -0.4 is 10.1 Å². The van der Waals surface area contributed by atoms with Crippen molar-refractivity contribution in [1.82, 2.24) is 19.8 Å². The van der Waals surface area contributed by atoms with Gasteiger partial charge in [0.15, 0.2) is 0 Å². The molecule has 0 unspecified atom stereocenters. The van der Waals surface area contributed by atoms with Crippen LogP contribution in [0.25, 0.3) is 5.69 Å². The molecule has 2 aromatic carbocycles. The van der Waals surface area contributed by atoms with Crippen molar-refractivity contribution in [2.45, 2.75) is 26.4 Å². The molecule has 0 saturated carbocycles. The summed E-state index contributed by atoms with van der Waals surface area (Å²) in [6.07, 6.45) is 5.64. The van der Waals surface area contributed by atoms with E-state index in [1.807, 2.05) is 19.1 Å². The molecule has 3 aromatic rings. The molecule has 0 radical (unpaired) electrons. The third kappa shape index (κ3) is 4.23. The van der Waals surface area contributed by atoms with E-state index < -0.39 is 0 Å². The zero-order valence-electron chi connectivity index (χ0n) is 16.3. The smallest absolute Gasteiger partial charge is 0.317 e. The van der Waals surface area contributed by atoms with Crippen molar-refractivity contribution < 1.29 is 13.9 Å². The van der Waals surface area contributed by atoms with Gasteiger partial charge in [0.1, 0.15) is 11.6 Å². The van der Waals surface area contributed by atoms with Gasteiger partial charge < -0.3 is 19.5 Å². The first-order chi connectivity index (χ1) is 14.1. The lowest BCUT2D eigenvalue weighted by molar-refractivity contribution is 0.191. The number of aromatic nitrogens is 2. The van der Waals surface area contributed by atoms with Gasteiger partial charge in [0.05, 0.1) is 18.6 Å². The van der Waals surface area contributed by atoms with Crippen molar-refractivity contribution in [3.8, 4) is 11.4 Å². The second kappa shape index (κ2) is 8.34. The number of ether oxygens (including phenoxy) is 1. The van der Waals surface area contributed by atoms with E-state index >= 15 is 0 Å². The SMILES string of the molecule is CCOc1ccc2c(c1)CN(C(=O)NCc1ccc(-n3ccnc3)c(F)c1)CC2. The largest absolute Gasteiger partial charge is 0.494 e. The Balaban J connectivity index is 1.38. The van der Waals surface area contributed by atoms with Crippen LogP contribution in [0.5, 0.6) is 5.75 Å². The first-order valence-corrected chi connectivity index (χ1v) is 9.68. The lowest BCUT2D eigenvalue weighted by atomic mass is 10.00. The average Bonchev–Trinajstić information content (AvgIpc) is 3.26. The summed E-state index contributed by atoms with van der Waals surface area (Å²) in [5.74, 6) is 0.465. The summed E-state index contributed by atoms with van der Waals surface area (Å²) in [4.78, 5) is 18.3. The maximum Gasteiger partial charge on any atom is 0.317 e. The average molecular weight is 394 g/mol. The Kier molecular flexibility index (Phi) is 5.46. The number of imidazole rings is 1. The zero-order chi connectivity index (χ0) is 20.2. The van der Waals surface area contributed by atoms with Crippen LogP contribution in [0, 0.1) is 5.82 Å². The maximum atomic E-state index is 14.4. The molecular weight excluding hydrogens is 371 g/mol. The summed E-state index contributed by atoms with van der Waals surface area (Å²) in [7, 11) is 0. The molecule has 2 heterocycles. The van der Waals surface area contributed by atoms with Gasteiger partial charge in [-0.25, -0.2) is 14.2 Å². The van der Waals surface area contributed by atoms with Crippen molar-refractivity contribution in [3.63, 3.8) is 0 Å². The number of nitrogens with one attached hydrogen (secondary N) is 1. The van der Waals surface area contributed by atoms with E-state index in [1.165, 1.54) is 11.6 Å². The quantitative estimate of drug-likeness (QED) is 0.718. The van der Waals surface area contributed by atoms with E-state index in [9.17, 15) is 9.18 Å². The molecule has 0 aliphatic carbocycles. The Hall–Kier alpha value is -3.35. The number of carbonyl (C=O) groups excluding carboxylic acids is 1. The molecule has 29 heavy (non-hydrogen) atoms. The molecule has 4 rings (SSSR count). The molecule has 0 saturated heterocycles. The molecular formula is C22H23FN4O2. The number of amides is 2. The Bertz CT molecular complexity index is 1000. The Morgan fingerprint density at radius 1 is 1.24 bits per heavy atom. The van der Waals surface area contributed by atoms with Crippen molar-refractivity contribution >= 4 is 6.03 Å². The van der Waals surface area contributed by atoms with Crippen LogP contribution in [-0.4, -0.2) is 33.6 Å². The van der Waals surface area contributed by atoms with Crippen molar-refractivity contribution in [2.24, 2.45) is 0 Å². The van der Waals surface area contributed by atoms with E-state index in [0.29, 0.717) is 30.9 Å². The standard InChI is InChI=1S/C22H23FN4O2/c1-2-29-19-5-4-17-7-9-26(14-18(17)12-19)22(28)25-13-16-3-6-21(20(23)11-16)27-10-8-24-15-27/h3-6,8,10-12,15H,2,7,9,13-14H2,1H3,(H,25,28). The number of hydrogen-bond donors (Lipinski definition) is 1. The highest BCUT2D eigenvalue weighted by molar-refractivity contribution is 5.74. The van der Waals surface area contributed by atoms with Gasteiger partial charge in [0.25, 0.3) is 0 Å². The lowest BCUT2D eigenvalue weighted by Crippen LogP contribution is -2.42. The Morgan fingerprint density at radius 2 is 2.14 bits per heavy atom. The van der Waals surface area contributed by atoms with E-state index in [2.05, 4.69) is 16.4 Å². The number of carbonyl (C=O) groups is 1. The van der Waals surface area contributed by atoms with Crippen molar-refractivity contribution in [3.05, 3.63) is 77.6 Å². The number of hydrogen-bond acceptors (Lipinski definition) is 3. The zero-order valence-corrected chi connectivity index (χ0v) is 16.3. The molecule has 6 nitrogen and oxygen atoms in total. The van der Waals surface area contributed by atoms with Crippen molar-refractivity contribution in [2.75, 3.05) is 13.2 Å². The maximum absolute atomic E-state index is 14.4. The fraction of sp³-hybridized carbons (Fsp3) is 0.273. The van der Waals surface area contributed by atoms with Gasteiger partial charge in [-0.1, -0.05) is 12.1 Å². The number of rotatable bonds is 5. The summed E-state index contributed by atoms with van der Waals surface area (Å²) < 4.78 is 21.5. The summed E-state index contributed by atoms with van der Waals surface area (Å²) in [6.45, 7) is 4.02. The predicted molar refractivity (Wildman–Crippen MR) is 107 cm³/mol. The van der Waals surface area contributed by atoms with E-state index in [-0.39, 0.29) is 18.4 Å². The summed E-state index contributed by atoms with van der Waals surface area (Å²) in [5.41, 5.74) is 3.48. The second-order valence-electron chi connectivity index (χ2n) is 6.95. The number of halogens is 1. The van der Waals surface area contributed by atoms with Gasteiger partial charge in [0, 0.05) is 32.0 Å². The molecule has 7 heteroatoms. The number of nitrogens with zero attached hydrogens (tertiary/aromatic N) is 3. The van der Waals surface area contributed by atoms with Gasteiger partial charge in [-0.15, -0.1) is 0 Å². The van der Waals surface area contributed by atoms with Gasteiger partial charge in [-0.3, -0.25) is 0 Å². The summed E-state index contributed by atoms with van der Waals surface area (Å²) >= 11 is 0. The Morgan fingerprint density at radius 3 is 2.90 bits per heavy atom. The molecule has 0 atom stereocenters. The minimum Gasteiger partial charge on any atom is -0.494 e. The molecule has 2 amide bonds. The number of benzene rings is 2. The number of urea groups is 1. The van der Waals surface area contributed by atoms with Crippen LogP contribution in [0.1, 0.15) is 23.6 Å². The molecule has 1 aliphatic heterocycles. The first-order valence-electron chi connectivity index (χ1n) is 9.68. The fourth-order valence-corrected chi connectivity index (χ4v) is 3.52. The van der Waals surface area contributed by atoms with Crippen LogP contribution in [0.3, 0.4) is 0 Å². The van der Waals surface area contributed by atoms with Gasteiger partial charge in [-0.2, -0.15) is 0 Å². The lowest BCUT2D eigenvalue weighted by Gasteiger charge is -2.29. The fourth-order valence-electron chi connectivity index (χ4n) is 3.52. The molecule has 0 fully saturated rings. The molecule has 1 aliphatic rings. The van der Waals surface area contributed by atoms with Gasteiger partial charge >= 0.3 is 6.03 Å². The molecule has 0 bridgehead atoms. The predicted octanol–water partition coefficient (Wildman–Crippen LogP) is 3.68. The van der Waals surface area contributed by atoms with Crippen molar-refractivity contribution in [1.29, 1.82) is 0 Å². The highest BCUT2D eigenvalue weighted by Gasteiger charge is 2.21. The highest BCUT2D eigenvalue weighted by Crippen LogP contribution is 2.24. The number of fused-ring (bicyclic) bond motifs is 1.